The predicted octanol–water partition coefficient (Wildman–Crippen LogP) is 5.93. The molecule has 0 aliphatic rings. The van der Waals surface area contributed by atoms with Gasteiger partial charge >= 0.3 is 0 Å². The molecule has 0 spiro atoms. The van der Waals surface area contributed by atoms with Crippen LogP contribution in [0.1, 0.15) is 20.7 Å². The van der Waals surface area contributed by atoms with Gasteiger partial charge in [-0.25, -0.2) is 0 Å². The van der Waals surface area contributed by atoms with E-state index in [1.807, 2.05) is 60.7 Å². The number of carbonyl (C=O) groups excluding carboxylic acids is 2. The molecule has 8 nitrogen and oxygen atoms in total. The summed E-state index contributed by atoms with van der Waals surface area (Å²) in [6, 6.07) is 28.9. The van der Waals surface area contributed by atoms with Crippen LogP contribution < -0.4 is 20.3 Å². The van der Waals surface area contributed by atoms with Gasteiger partial charge in [0.25, 0.3) is 0 Å². The molecule has 4 aromatic carbocycles. The van der Waals surface area contributed by atoms with E-state index in [9.17, 15) is 9.59 Å². The molecule has 0 saturated heterocycles. The van der Waals surface area contributed by atoms with Crippen LogP contribution in [-0.4, -0.2) is 38.2 Å². The van der Waals surface area contributed by atoms with Gasteiger partial charge in [-0.05, 0) is 35.4 Å². The topological polar surface area (TPSA) is 101 Å². The van der Waals surface area contributed by atoms with Crippen LogP contribution in [0.2, 0.25) is 0 Å². The average Bonchev–Trinajstić information content (AvgIpc) is 2.97. The number of benzene rings is 4. The summed E-state index contributed by atoms with van der Waals surface area (Å²) in [5.41, 5.74) is 9.92. The Hall–Kier alpha value is -5.24. The van der Waals surface area contributed by atoms with E-state index in [0.717, 1.165) is 11.1 Å². The highest BCUT2D eigenvalue weighted by Gasteiger charge is 2.06. The normalized spacial score (nSPS) is 10.9. The Morgan fingerprint density at radius 1 is 0.605 bits per heavy atom. The first-order chi connectivity index (χ1) is 18.6. The Morgan fingerprint density at radius 3 is 1.37 bits per heavy atom. The fraction of sp³-hybridized carbons (Fsp3) is 0.0667. The summed E-state index contributed by atoms with van der Waals surface area (Å²) in [6.45, 7) is 0. The summed E-state index contributed by atoms with van der Waals surface area (Å²) >= 11 is 0. The number of hydrogen-bond acceptors (Lipinski definition) is 8. The molecule has 8 heteroatoms. The Bertz CT molecular complexity index is 1350. The number of methoxy groups -OCH3 is 2. The van der Waals surface area contributed by atoms with E-state index in [-0.39, 0.29) is 11.6 Å². The van der Waals surface area contributed by atoms with Crippen molar-refractivity contribution in [2.75, 3.05) is 25.1 Å². The molecule has 190 valence electrons. The van der Waals surface area contributed by atoms with Crippen LogP contribution in [0.4, 0.5) is 11.4 Å². The number of rotatable bonds is 11. The largest absolute Gasteiger partial charge is 0.497 e. The standard InChI is InChI=1S/C30H26N4O4/c1-37-27-7-3-5-25(17-27)33-31-19-29(35)23-13-9-21(10-14-23)22-11-15-24(16-12-22)30(36)20-32-34-26-6-4-8-28(18-26)38-2/h3-20,33-34H,1-2H3/b31-19+,32-20+. The third-order valence-electron chi connectivity index (χ3n) is 5.56. The first-order valence-corrected chi connectivity index (χ1v) is 11.7. The molecule has 4 aromatic rings. The predicted molar refractivity (Wildman–Crippen MR) is 151 cm³/mol. The second kappa shape index (κ2) is 12.6. The molecule has 2 N–H and O–H groups in total. The highest BCUT2D eigenvalue weighted by Crippen LogP contribution is 2.21. The minimum absolute atomic E-state index is 0.227. The van der Waals surface area contributed by atoms with Gasteiger partial charge in [-0.1, -0.05) is 60.7 Å². The summed E-state index contributed by atoms with van der Waals surface area (Å²) in [4.78, 5) is 24.9. The van der Waals surface area contributed by atoms with Gasteiger partial charge in [-0.3, -0.25) is 20.4 Å². The number of anilines is 2. The van der Waals surface area contributed by atoms with Crippen molar-refractivity contribution in [1.82, 2.24) is 0 Å². The third-order valence-corrected chi connectivity index (χ3v) is 5.56. The molecule has 0 fully saturated rings. The Labute approximate surface area is 220 Å². The maximum Gasteiger partial charge on any atom is 0.205 e. The number of ketones is 2. The lowest BCUT2D eigenvalue weighted by atomic mass is 10.0. The summed E-state index contributed by atoms with van der Waals surface area (Å²) < 4.78 is 10.3. The third kappa shape index (κ3) is 6.92. The molecule has 0 unspecified atom stereocenters. The van der Waals surface area contributed by atoms with Gasteiger partial charge in [-0.15, -0.1) is 0 Å². The van der Waals surface area contributed by atoms with E-state index in [1.165, 1.54) is 12.4 Å². The molecule has 0 bridgehead atoms. The van der Waals surface area contributed by atoms with Crippen molar-refractivity contribution < 1.29 is 19.1 Å². The fourth-order valence-corrected chi connectivity index (χ4v) is 3.52. The Morgan fingerprint density at radius 2 is 1.00 bits per heavy atom. The number of hydrogen-bond donors (Lipinski definition) is 2. The van der Waals surface area contributed by atoms with Crippen molar-refractivity contribution >= 4 is 35.4 Å². The van der Waals surface area contributed by atoms with E-state index in [4.69, 9.17) is 9.47 Å². The summed E-state index contributed by atoms with van der Waals surface area (Å²) in [5, 5.41) is 8.03. The molecule has 0 atom stereocenters. The molecule has 4 rings (SSSR count). The first kappa shape index (κ1) is 25.8. The minimum Gasteiger partial charge on any atom is -0.497 e. The van der Waals surface area contributed by atoms with E-state index < -0.39 is 0 Å². The maximum atomic E-state index is 12.5. The van der Waals surface area contributed by atoms with Gasteiger partial charge in [0.1, 0.15) is 11.5 Å². The van der Waals surface area contributed by atoms with Gasteiger partial charge in [-0.2, -0.15) is 10.2 Å². The van der Waals surface area contributed by atoms with Crippen LogP contribution >= 0.6 is 0 Å². The zero-order valence-corrected chi connectivity index (χ0v) is 20.9. The SMILES string of the molecule is COc1cccc(N/N=C/C(=O)c2ccc(-c3ccc(C(=O)/C=N/Nc4cccc(OC)c4)cc3)cc2)c1. The second-order valence-corrected chi connectivity index (χ2v) is 8.09. The molecular formula is C30H26N4O4. The Kier molecular flexibility index (Phi) is 8.60. The molecule has 0 radical (unpaired) electrons. The molecule has 0 amide bonds. The second-order valence-electron chi connectivity index (χ2n) is 8.09. The van der Waals surface area contributed by atoms with E-state index in [2.05, 4.69) is 21.1 Å². The van der Waals surface area contributed by atoms with Crippen molar-refractivity contribution in [3.63, 3.8) is 0 Å². The lowest BCUT2D eigenvalue weighted by molar-refractivity contribution is 0.106. The lowest BCUT2D eigenvalue weighted by Crippen LogP contribution is -2.03. The number of Topliss-reactive ketones (excluding diaryl/α,β-unsaturated/α-hetero) is 2. The van der Waals surface area contributed by atoms with Gasteiger partial charge in [0.15, 0.2) is 0 Å². The molecular weight excluding hydrogens is 480 g/mol. The number of carbonyl (C=O) groups is 2. The summed E-state index contributed by atoms with van der Waals surface area (Å²) in [7, 11) is 3.17. The van der Waals surface area contributed by atoms with Crippen molar-refractivity contribution in [1.29, 1.82) is 0 Å². The van der Waals surface area contributed by atoms with Gasteiger partial charge in [0.05, 0.1) is 38.0 Å². The lowest BCUT2D eigenvalue weighted by Gasteiger charge is -2.05. The number of nitrogens with zero attached hydrogens (tertiary/aromatic N) is 2. The molecule has 38 heavy (non-hydrogen) atoms. The first-order valence-electron chi connectivity index (χ1n) is 11.7. The number of ether oxygens (including phenoxy) is 2. The quantitative estimate of drug-likeness (QED) is 0.148. The fourth-order valence-electron chi connectivity index (χ4n) is 3.52. The molecule has 0 aromatic heterocycles. The highest BCUT2D eigenvalue weighted by molar-refractivity contribution is 6.36. The van der Waals surface area contributed by atoms with E-state index in [0.29, 0.717) is 34.0 Å². The van der Waals surface area contributed by atoms with Crippen LogP contribution in [0.3, 0.4) is 0 Å². The van der Waals surface area contributed by atoms with Gasteiger partial charge < -0.3 is 9.47 Å². The Balaban J connectivity index is 1.33. The molecule has 0 saturated carbocycles. The molecule has 0 aliphatic heterocycles. The summed E-state index contributed by atoms with van der Waals surface area (Å²) in [5.74, 6) is 0.933. The number of hydrazone groups is 2. The van der Waals surface area contributed by atoms with Gasteiger partial charge in [0, 0.05) is 23.3 Å². The summed E-state index contributed by atoms with van der Waals surface area (Å²) in [6.07, 6.45) is 2.47. The maximum absolute atomic E-state index is 12.5. The highest BCUT2D eigenvalue weighted by atomic mass is 16.5. The molecule has 0 heterocycles. The van der Waals surface area contributed by atoms with E-state index in [1.54, 1.807) is 50.6 Å². The monoisotopic (exact) mass is 506 g/mol. The smallest absolute Gasteiger partial charge is 0.205 e. The van der Waals surface area contributed by atoms with E-state index >= 15 is 0 Å². The zero-order chi connectivity index (χ0) is 26.7. The van der Waals surface area contributed by atoms with Crippen molar-refractivity contribution in [2.24, 2.45) is 10.2 Å². The number of nitrogens with one attached hydrogen (secondary N) is 2. The van der Waals surface area contributed by atoms with Crippen LogP contribution in [0.15, 0.2) is 107 Å². The molecule has 0 aliphatic carbocycles. The van der Waals surface area contributed by atoms with Crippen molar-refractivity contribution in [3.05, 3.63) is 108 Å². The van der Waals surface area contributed by atoms with Crippen LogP contribution in [0.25, 0.3) is 11.1 Å². The van der Waals surface area contributed by atoms with Crippen molar-refractivity contribution in [3.8, 4) is 22.6 Å². The van der Waals surface area contributed by atoms with Crippen molar-refractivity contribution in [2.45, 2.75) is 0 Å². The zero-order valence-electron chi connectivity index (χ0n) is 20.9. The van der Waals surface area contributed by atoms with Gasteiger partial charge in [0.2, 0.25) is 11.6 Å². The van der Waals surface area contributed by atoms with Crippen LogP contribution in [0.5, 0.6) is 11.5 Å². The minimum atomic E-state index is -0.227. The average molecular weight is 507 g/mol. The van der Waals surface area contributed by atoms with Crippen LogP contribution in [-0.2, 0) is 0 Å². The van der Waals surface area contributed by atoms with Crippen LogP contribution in [0, 0.1) is 0 Å².